The maximum Gasteiger partial charge on any atom is 0.122 e. The first-order valence-corrected chi connectivity index (χ1v) is 6.72. The lowest BCUT2D eigenvalue weighted by Crippen LogP contribution is -2.38. The Morgan fingerprint density at radius 3 is 3.24 bits per heavy atom. The van der Waals surface area contributed by atoms with E-state index in [4.69, 9.17) is 5.73 Å². The summed E-state index contributed by atoms with van der Waals surface area (Å²) in [5.41, 5.74) is 6.21. The molecule has 0 spiro atoms. The topological polar surface area (TPSA) is 47.1 Å². The van der Waals surface area contributed by atoms with E-state index in [0.29, 0.717) is 0 Å². The van der Waals surface area contributed by atoms with Crippen molar-refractivity contribution in [3.05, 3.63) is 40.6 Å². The number of thiophene rings is 1. The minimum Gasteiger partial charge on any atom is -0.333 e. The average molecular weight is 248 g/mol. The summed E-state index contributed by atoms with van der Waals surface area (Å²) in [7, 11) is 0. The summed E-state index contributed by atoms with van der Waals surface area (Å²) in [6.07, 6.45) is 3.92. The molecule has 0 saturated carbocycles. The van der Waals surface area contributed by atoms with Crippen molar-refractivity contribution in [3.8, 4) is 0 Å². The third-order valence-corrected chi connectivity index (χ3v) is 4.19. The van der Waals surface area contributed by atoms with Crippen LogP contribution in [0.15, 0.2) is 29.9 Å². The van der Waals surface area contributed by atoms with Crippen LogP contribution in [0.2, 0.25) is 0 Å². The molecule has 0 radical (unpaired) electrons. The predicted molar refractivity (Wildman–Crippen MR) is 68.8 cm³/mol. The van der Waals surface area contributed by atoms with Crippen LogP contribution in [0.4, 0.5) is 0 Å². The molecule has 4 nitrogen and oxygen atoms in total. The van der Waals surface area contributed by atoms with Gasteiger partial charge in [0.1, 0.15) is 5.82 Å². The van der Waals surface area contributed by atoms with Gasteiger partial charge in [-0.05, 0) is 11.4 Å². The normalized spacial score (nSPS) is 17.9. The average Bonchev–Trinajstić information content (AvgIpc) is 2.99. The van der Waals surface area contributed by atoms with Gasteiger partial charge in [0, 0.05) is 36.9 Å². The van der Waals surface area contributed by atoms with E-state index in [-0.39, 0.29) is 6.04 Å². The summed E-state index contributed by atoms with van der Waals surface area (Å²) >= 11 is 1.73. The molecule has 1 aliphatic heterocycles. The van der Waals surface area contributed by atoms with Crippen molar-refractivity contribution in [2.75, 3.05) is 13.1 Å². The van der Waals surface area contributed by atoms with E-state index < -0.39 is 0 Å². The zero-order valence-corrected chi connectivity index (χ0v) is 10.4. The second-order valence-corrected chi connectivity index (χ2v) is 5.37. The molecule has 0 aliphatic carbocycles. The molecule has 0 aromatic carbocycles. The van der Waals surface area contributed by atoms with Crippen LogP contribution in [0.1, 0.15) is 16.7 Å². The third kappa shape index (κ3) is 2.26. The van der Waals surface area contributed by atoms with E-state index >= 15 is 0 Å². The third-order valence-electron chi connectivity index (χ3n) is 3.19. The lowest BCUT2D eigenvalue weighted by molar-refractivity contribution is 0.206. The van der Waals surface area contributed by atoms with Crippen molar-refractivity contribution in [2.45, 2.75) is 19.1 Å². The summed E-state index contributed by atoms with van der Waals surface area (Å²) in [6.45, 7) is 3.90. The van der Waals surface area contributed by atoms with E-state index in [1.165, 1.54) is 4.88 Å². The van der Waals surface area contributed by atoms with Crippen LogP contribution in [0.5, 0.6) is 0 Å². The summed E-state index contributed by atoms with van der Waals surface area (Å²) in [6, 6.07) is 4.29. The largest absolute Gasteiger partial charge is 0.333 e. The van der Waals surface area contributed by atoms with Gasteiger partial charge in [-0.1, -0.05) is 6.07 Å². The first-order chi connectivity index (χ1) is 8.33. The molecule has 1 aliphatic rings. The van der Waals surface area contributed by atoms with E-state index in [0.717, 1.165) is 32.0 Å². The van der Waals surface area contributed by atoms with Gasteiger partial charge in [0.2, 0.25) is 0 Å². The number of imidazole rings is 1. The van der Waals surface area contributed by atoms with Gasteiger partial charge in [0.25, 0.3) is 0 Å². The Bertz CT molecular complexity index is 476. The fourth-order valence-corrected chi connectivity index (χ4v) is 2.97. The molecule has 3 heterocycles. The highest BCUT2D eigenvalue weighted by Crippen LogP contribution is 2.19. The molecule has 17 heavy (non-hydrogen) atoms. The molecule has 0 saturated heterocycles. The summed E-state index contributed by atoms with van der Waals surface area (Å²) < 4.78 is 2.22. The smallest absolute Gasteiger partial charge is 0.122 e. The standard InChI is InChI=1S/C12H16N4S/c13-10(11-2-1-7-17-11)8-15-5-6-16-4-3-14-12(16)9-15/h1-4,7,10H,5-6,8-9,13H2. The van der Waals surface area contributed by atoms with Gasteiger partial charge in [-0.15, -0.1) is 11.3 Å². The predicted octanol–water partition coefficient (Wildman–Crippen LogP) is 1.46. The molecule has 2 aromatic heterocycles. The van der Waals surface area contributed by atoms with Crippen LogP contribution in [-0.4, -0.2) is 27.5 Å². The van der Waals surface area contributed by atoms with Gasteiger partial charge in [-0.2, -0.15) is 0 Å². The Morgan fingerprint density at radius 2 is 2.41 bits per heavy atom. The fraction of sp³-hybridized carbons (Fsp3) is 0.417. The number of rotatable bonds is 3. The summed E-state index contributed by atoms with van der Waals surface area (Å²) in [5, 5.41) is 2.08. The van der Waals surface area contributed by atoms with E-state index in [2.05, 4.69) is 32.0 Å². The molecule has 90 valence electrons. The minimum atomic E-state index is 0.122. The molecular formula is C12H16N4S. The molecule has 5 heteroatoms. The van der Waals surface area contributed by atoms with Crippen molar-refractivity contribution in [2.24, 2.45) is 5.73 Å². The van der Waals surface area contributed by atoms with Crippen molar-refractivity contribution in [3.63, 3.8) is 0 Å². The maximum absolute atomic E-state index is 6.21. The van der Waals surface area contributed by atoms with Crippen molar-refractivity contribution < 1.29 is 0 Å². The summed E-state index contributed by atoms with van der Waals surface area (Å²) in [4.78, 5) is 8.00. The second kappa shape index (κ2) is 4.60. The molecule has 0 amide bonds. The molecule has 2 aromatic rings. The van der Waals surface area contributed by atoms with Crippen LogP contribution >= 0.6 is 11.3 Å². The SMILES string of the molecule is NC(CN1CCn2ccnc2C1)c1cccs1. The Morgan fingerprint density at radius 1 is 1.47 bits per heavy atom. The van der Waals surface area contributed by atoms with Gasteiger partial charge in [-0.25, -0.2) is 4.98 Å². The highest BCUT2D eigenvalue weighted by molar-refractivity contribution is 7.10. The van der Waals surface area contributed by atoms with Crippen LogP contribution in [0.3, 0.4) is 0 Å². The molecule has 0 fully saturated rings. The van der Waals surface area contributed by atoms with Crippen LogP contribution in [-0.2, 0) is 13.1 Å². The molecule has 0 bridgehead atoms. The first kappa shape index (κ1) is 11.0. The quantitative estimate of drug-likeness (QED) is 0.894. The Hall–Kier alpha value is -1.17. The zero-order chi connectivity index (χ0) is 11.7. The van der Waals surface area contributed by atoms with Crippen molar-refractivity contribution in [1.29, 1.82) is 0 Å². The minimum absolute atomic E-state index is 0.122. The number of hydrogen-bond acceptors (Lipinski definition) is 4. The Kier molecular flexibility index (Phi) is 2.96. The number of nitrogens with zero attached hydrogens (tertiary/aromatic N) is 3. The molecule has 1 atom stereocenters. The summed E-state index contributed by atoms with van der Waals surface area (Å²) in [5.74, 6) is 1.15. The Balaban J connectivity index is 1.64. The maximum atomic E-state index is 6.21. The number of hydrogen-bond donors (Lipinski definition) is 1. The monoisotopic (exact) mass is 248 g/mol. The number of nitrogens with two attached hydrogens (primary N) is 1. The van der Waals surface area contributed by atoms with Gasteiger partial charge in [0.05, 0.1) is 12.6 Å². The van der Waals surface area contributed by atoms with E-state index in [1.54, 1.807) is 11.3 Å². The highest BCUT2D eigenvalue weighted by atomic mass is 32.1. The molecular weight excluding hydrogens is 232 g/mol. The van der Waals surface area contributed by atoms with Crippen LogP contribution in [0.25, 0.3) is 0 Å². The number of aromatic nitrogens is 2. The molecule has 3 rings (SSSR count). The lowest BCUT2D eigenvalue weighted by atomic mass is 10.2. The lowest BCUT2D eigenvalue weighted by Gasteiger charge is -2.29. The van der Waals surface area contributed by atoms with Gasteiger partial charge < -0.3 is 10.3 Å². The fourth-order valence-electron chi connectivity index (χ4n) is 2.25. The van der Waals surface area contributed by atoms with Crippen LogP contribution < -0.4 is 5.73 Å². The Labute approximate surface area is 105 Å². The van der Waals surface area contributed by atoms with Crippen LogP contribution in [0, 0.1) is 0 Å². The van der Waals surface area contributed by atoms with Crippen molar-refractivity contribution in [1.82, 2.24) is 14.5 Å². The van der Waals surface area contributed by atoms with Gasteiger partial charge in [0.15, 0.2) is 0 Å². The highest BCUT2D eigenvalue weighted by Gasteiger charge is 2.19. The molecule has 2 N–H and O–H groups in total. The van der Waals surface area contributed by atoms with Gasteiger partial charge >= 0.3 is 0 Å². The van der Waals surface area contributed by atoms with E-state index in [1.807, 2.05) is 12.4 Å². The van der Waals surface area contributed by atoms with Crippen molar-refractivity contribution >= 4 is 11.3 Å². The van der Waals surface area contributed by atoms with Gasteiger partial charge in [-0.3, -0.25) is 4.90 Å². The van der Waals surface area contributed by atoms with E-state index in [9.17, 15) is 0 Å². The number of fused-ring (bicyclic) bond motifs is 1. The zero-order valence-electron chi connectivity index (χ0n) is 9.62. The molecule has 1 unspecified atom stereocenters. The second-order valence-electron chi connectivity index (χ2n) is 4.39. The first-order valence-electron chi connectivity index (χ1n) is 5.84.